The Morgan fingerprint density at radius 2 is 1.88 bits per heavy atom. The number of likely N-dealkylation sites (N-methyl/N-ethyl adjacent to an activating group) is 1. The van der Waals surface area contributed by atoms with Crippen molar-refractivity contribution in [2.45, 2.75) is 26.3 Å². The summed E-state index contributed by atoms with van der Waals surface area (Å²) >= 11 is 0. The van der Waals surface area contributed by atoms with Crippen LogP contribution >= 0.6 is 0 Å². The summed E-state index contributed by atoms with van der Waals surface area (Å²) in [7, 11) is 0. The third-order valence-corrected chi connectivity index (χ3v) is 4.99. The molecule has 7 heteroatoms. The van der Waals surface area contributed by atoms with Crippen molar-refractivity contribution in [3.63, 3.8) is 0 Å². The second-order valence-electron chi connectivity index (χ2n) is 6.44. The summed E-state index contributed by atoms with van der Waals surface area (Å²) in [6.45, 7) is 5.93. The molecule has 1 aromatic carbocycles. The summed E-state index contributed by atoms with van der Waals surface area (Å²) in [6.07, 6.45) is 0.230. The van der Waals surface area contributed by atoms with E-state index < -0.39 is 5.82 Å². The van der Waals surface area contributed by atoms with E-state index in [-0.39, 0.29) is 30.1 Å². The summed E-state index contributed by atoms with van der Waals surface area (Å²) in [5, 5.41) is 0. The number of imide groups is 1. The lowest BCUT2D eigenvalue weighted by Crippen LogP contribution is -2.52. The number of halogens is 1. The van der Waals surface area contributed by atoms with Crippen molar-refractivity contribution >= 4 is 23.3 Å². The summed E-state index contributed by atoms with van der Waals surface area (Å²) < 4.78 is 14.3. The highest BCUT2D eigenvalue weighted by Crippen LogP contribution is 2.25. The van der Waals surface area contributed by atoms with Crippen molar-refractivity contribution in [3.05, 3.63) is 29.6 Å². The minimum atomic E-state index is -0.412. The quantitative estimate of drug-likeness (QED) is 0.607. The number of carbonyl (C=O) groups excluding carboxylic acids is 3. The molecule has 0 aromatic heterocycles. The second-order valence-corrected chi connectivity index (χ2v) is 6.44. The molecule has 6 nitrogen and oxygen atoms in total. The Morgan fingerprint density at radius 1 is 1.20 bits per heavy atom. The van der Waals surface area contributed by atoms with Gasteiger partial charge in [0, 0.05) is 38.3 Å². The van der Waals surface area contributed by atoms with E-state index in [1.165, 1.54) is 17.9 Å². The maximum atomic E-state index is 14.3. The Kier molecular flexibility index (Phi) is 4.85. The monoisotopic (exact) mass is 347 g/mol. The number of piperazine rings is 1. The molecule has 0 N–H and O–H groups in total. The molecule has 0 aliphatic carbocycles. The molecule has 0 spiro atoms. The molecule has 1 atom stereocenters. The van der Waals surface area contributed by atoms with E-state index in [0.717, 1.165) is 0 Å². The van der Waals surface area contributed by atoms with Crippen LogP contribution in [0.4, 0.5) is 10.1 Å². The van der Waals surface area contributed by atoms with Gasteiger partial charge in [0.15, 0.2) is 5.78 Å². The molecule has 2 amide bonds. The van der Waals surface area contributed by atoms with Gasteiger partial charge in [0.1, 0.15) is 5.82 Å². The van der Waals surface area contributed by atoms with Crippen molar-refractivity contribution in [2.24, 2.45) is 0 Å². The lowest BCUT2D eigenvalue weighted by atomic mass is 10.1. The van der Waals surface area contributed by atoms with Gasteiger partial charge in [-0.3, -0.25) is 24.2 Å². The summed E-state index contributed by atoms with van der Waals surface area (Å²) in [6, 6.07) is 4.14. The van der Waals surface area contributed by atoms with Crippen LogP contribution in [0.25, 0.3) is 0 Å². The van der Waals surface area contributed by atoms with Crippen LogP contribution in [-0.4, -0.2) is 66.2 Å². The molecule has 0 bridgehead atoms. The average Bonchev–Trinajstić information content (AvgIpc) is 2.88. The van der Waals surface area contributed by atoms with Gasteiger partial charge in [-0.25, -0.2) is 4.39 Å². The SMILES string of the molecule is CCN1C(=O)C[C@@H](N2CCN(c3ccc(C(C)=O)cc3F)CC2)C1=O. The zero-order valence-corrected chi connectivity index (χ0v) is 14.5. The van der Waals surface area contributed by atoms with Crippen LogP contribution in [-0.2, 0) is 9.59 Å². The number of rotatable bonds is 4. The van der Waals surface area contributed by atoms with Crippen molar-refractivity contribution in [2.75, 3.05) is 37.6 Å². The van der Waals surface area contributed by atoms with Gasteiger partial charge < -0.3 is 4.90 Å². The molecule has 2 saturated heterocycles. The van der Waals surface area contributed by atoms with Gasteiger partial charge in [-0.1, -0.05) is 0 Å². The zero-order valence-electron chi connectivity index (χ0n) is 14.5. The smallest absolute Gasteiger partial charge is 0.247 e. The molecule has 2 aliphatic rings. The molecular formula is C18H22FN3O3. The van der Waals surface area contributed by atoms with Gasteiger partial charge >= 0.3 is 0 Å². The van der Waals surface area contributed by atoms with Gasteiger partial charge in [-0.15, -0.1) is 0 Å². The Balaban J connectivity index is 1.66. The van der Waals surface area contributed by atoms with E-state index in [9.17, 15) is 18.8 Å². The zero-order chi connectivity index (χ0) is 18.1. The van der Waals surface area contributed by atoms with Crippen LogP contribution in [0.15, 0.2) is 18.2 Å². The van der Waals surface area contributed by atoms with E-state index >= 15 is 0 Å². The van der Waals surface area contributed by atoms with E-state index in [0.29, 0.717) is 44.0 Å². The van der Waals surface area contributed by atoms with Crippen LogP contribution in [0.2, 0.25) is 0 Å². The highest BCUT2D eigenvalue weighted by atomic mass is 19.1. The van der Waals surface area contributed by atoms with Crippen molar-refractivity contribution < 1.29 is 18.8 Å². The number of ketones is 1. The largest absolute Gasteiger partial charge is 0.367 e. The summed E-state index contributed by atoms with van der Waals surface area (Å²) in [4.78, 5) is 40.7. The number of hydrogen-bond donors (Lipinski definition) is 0. The lowest BCUT2D eigenvalue weighted by molar-refractivity contribution is -0.139. The number of nitrogens with zero attached hydrogens (tertiary/aromatic N) is 3. The van der Waals surface area contributed by atoms with Gasteiger partial charge in [0.25, 0.3) is 0 Å². The normalized spacial score (nSPS) is 22.0. The molecule has 2 aliphatic heterocycles. The fourth-order valence-corrected chi connectivity index (χ4v) is 3.54. The van der Waals surface area contributed by atoms with Gasteiger partial charge in [0.2, 0.25) is 11.8 Å². The molecule has 2 heterocycles. The third-order valence-electron chi connectivity index (χ3n) is 4.99. The fourth-order valence-electron chi connectivity index (χ4n) is 3.54. The maximum Gasteiger partial charge on any atom is 0.247 e. The first kappa shape index (κ1) is 17.5. The first-order valence-electron chi connectivity index (χ1n) is 8.56. The molecule has 25 heavy (non-hydrogen) atoms. The lowest BCUT2D eigenvalue weighted by Gasteiger charge is -2.38. The number of carbonyl (C=O) groups is 3. The number of likely N-dealkylation sites (tertiary alicyclic amines) is 1. The van der Waals surface area contributed by atoms with Gasteiger partial charge in [-0.2, -0.15) is 0 Å². The molecule has 0 saturated carbocycles. The first-order chi connectivity index (χ1) is 11.9. The Labute approximate surface area is 146 Å². The molecule has 3 rings (SSSR count). The Hall–Kier alpha value is -2.28. The number of Topliss-reactive ketones (excluding diaryl/α,β-unsaturated/α-hetero) is 1. The minimum Gasteiger partial charge on any atom is -0.367 e. The molecule has 134 valence electrons. The van der Waals surface area contributed by atoms with E-state index in [1.54, 1.807) is 19.1 Å². The Morgan fingerprint density at radius 3 is 2.40 bits per heavy atom. The number of benzene rings is 1. The van der Waals surface area contributed by atoms with Gasteiger partial charge in [0.05, 0.1) is 18.2 Å². The second kappa shape index (κ2) is 6.92. The molecule has 2 fully saturated rings. The standard InChI is InChI=1S/C18H22FN3O3/c1-3-22-17(24)11-16(18(22)25)21-8-6-20(7-9-21)15-5-4-13(12(2)23)10-14(15)19/h4-5,10,16H,3,6-9,11H2,1-2H3/t16-/m1/s1. The molecular weight excluding hydrogens is 325 g/mol. The Bertz CT molecular complexity index is 714. The van der Waals surface area contributed by atoms with Crippen molar-refractivity contribution in [1.29, 1.82) is 0 Å². The number of hydrogen-bond acceptors (Lipinski definition) is 5. The highest BCUT2D eigenvalue weighted by Gasteiger charge is 2.41. The van der Waals surface area contributed by atoms with E-state index in [1.807, 2.05) is 9.80 Å². The third kappa shape index (κ3) is 3.28. The predicted molar refractivity (Wildman–Crippen MR) is 91.0 cm³/mol. The average molecular weight is 347 g/mol. The highest BCUT2D eigenvalue weighted by molar-refractivity contribution is 6.05. The van der Waals surface area contributed by atoms with E-state index in [4.69, 9.17) is 0 Å². The van der Waals surface area contributed by atoms with Crippen LogP contribution in [0.1, 0.15) is 30.6 Å². The first-order valence-corrected chi connectivity index (χ1v) is 8.56. The van der Waals surface area contributed by atoms with Crippen LogP contribution < -0.4 is 4.90 Å². The van der Waals surface area contributed by atoms with Crippen LogP contribution in [0.5, 0.6) is 0 Å². The number of amides is 2. The molecule has 0 radical (unpaired) electrons. The fraction of sp³-hybridized carbons (Fsp3) is 0.500. The van der Waals surface area contributed by atoms with Crippen molar-refractivity contribution in [3.8, 4) is 0 Å². The molecule has 1 aromatic rings. The van der Waals surface area contributed by atoms with E-state index in [2.05, 4.69) is 0 Å². The summed E-state index contributed by atoms with van der Waals surface area (Å²) in [5.41, 5.74) is 0.822. The predicted octanol–water partition coefficient (Wildman–Crippen LogP) is 1.30. The van der Waals surface area contributed by atoms with Crippen LogP contribution in [0.3, 0.4) is 0 Å². The van der Waals surface area contributed by atoms with Crippen LogP contribution in [0, 0.1) is 5.82 Å². The molecule has 0 unspecified atom stereocenters. The van der Waals surface area contributed by atoms with Gasteiger partial charge in [-0.05, 0) is 32.0 Å². The van der Waals surface area contributed by atoms with Crippen molar-refractivity contribution in [1.82, 2.24) is 9.80 Å². The summed E-state index contributed by atoms with van der Waals surface area (Å²) in [5.74, 6) is -0.825. The maximum absolute atomic E-state index is 14.3. The topological polar surface area (TPSA) is 60.9 Å². The minimum absolute atomic E-state index is 0.120. The number of anilines is 1.